The van der Waals surface area contributed by atoms with Gasteiger partial charge in [-0.1, -0.05) is 41.6 Å². The van der Waals surface area contributed by atoms with Crippen LogP contribution in [-0.2, 0) is 0 Å². The molecular formula is C21H20N4O3S. The highest BCUT2D eigenvalue weighted by molar-refractivity contribution is 8.00. The van der Waals surface area contributed by atoms with Gasteiger partial charge in [0.05, 0.1) is 5.75 Å². The van der Waals surface area contributed by atoms with E-state index in [-0.39, 0.29) is 23.5 Å². The molecule has 0 saturated heterocycles. The minimum Gasteiger partial charge on any atom is -0.293 e. The summed E-state index contributed by atoms with van der Waals surface area (Å²) in [5.41, 5.74) is 1.22. The van der Waals surface area contributed by atoms with Crippen molar-refractivity contribution < 1.29 is 4.79 Å². The van der Waals surface area contributed by atoms with Crippen LogP contribution in [0.3, 0.4) is 0 Å². The van der Waals surface area contributed by atoms with Crippen LogP contribution in [0.4, 0.5) is 0 Å². The third kappa shape index (κ3) is 3.53. The topological polar surface area (TPSA) is 97.7 Å². The first-order valence-corrected chi connectivity index (χ1v) is 10.8. The van der Waals surface area contributed by atoms with Gasteiger partial charge in [0.15, 0.2) is 11.4 Å². The second-order valence-corrected chi connectivity index (χ2v) is 8.76. The Bertz CT molecular complexity index is 1240. The van der Waals surface area contributed by atoms with Gasteiger partial charge in [0.25, 0.3) is 5.56 Å². The first-order chi connectivity index (χ1) is 14.0. The minimum absolute atomic E-state index is 0.0262. The number of fused-ring (bicyclic) bond motifs is 1. The van der Waals surface area contributed by atoms with Crippen molar-refractivity contribution in [2.24, 2.45) is 0 Å². The lowest BCUT2D eigenvalue weighted by atomic mass is 10.1. The van der Waals surface area contributed by atoms with E-state index in [9.17, 15) is 14.4 Å². The number of aromatic nitrogens is 4. The molecule has 2 saturated carbocycles. The number of Topliss-reactive ketones (excluding diaryl/α,β-unsaturated/α-hetero) is 1. The highest BCUT2D eigenvalue weighted by atomic mass is 32.2. The summed E-state index contributed by atoms with van der Waals surface area (Å²) in [7, 11) is 0. The van der Waals surface area contributed by atoms with Gasteiger partial charge >= 0.3 is 5.69 Å². The van der Waals surface area contributed by atoms with Gasteiger partial charge in [-0.2, -0.15) is 0 Å². The maximum atomic E-state index is 12.6. The van der Waals surface area contributed by atoms with E-state index in [4.69, 9.17) is 0 Å². The fraction of sp³-hybridized carbons (Fsp3) is 0.381. The Hall–Kier alpha value is -2.74. The normalized spacial score (nSPS) is 16.3. The smallest absolute Gasteiger partial charge is 0.293 e. The molecule has 0 amide bonds. The second-order valence-electron chi connectivity index (χ2n) is 7.80. The van der Waals surface area contributed by atoms with Crippen molar-refractivity contribution >= 4 is 28.6 Å². The predicted molar refractivity (Wildman–Crippen MR) is 111 cm³/mol. The van der Waals surface area contributed by atoms with Crippen molar-refractivity contribution in [1.29, 1.82) is 0 Å². The maximum absolute atomic E-state index is 12.6. The summed E-state index contributed by atoms with van der Waals surface area (Å²) in [6.45, 7) is 1.97. The van der Waals surface area contributed by atoms with Gasteiger partial charge < -0.3 is 0 Å². The Labute approximate surface area is 170 Å². The SMILES string of the molecule is Cc1ccc(C(=O)CSc2nc(C3CC3)nc3c2c(=O)[nH]c(=O)n3C2CC2)cc1. The molecule has 1 aromatic carbocycles. The van der Waals surface area contributed by atoms with E-state index in [1.165, 1.54) is 11.8 Å². The molecule has 0 unspecified atom stereocenters. The molecule has 5 rings (SSSR count). The van der Waals surface area contributed by atoms with E-state index in [1.807, 2.05) is 31.2 Å². The molecule has 1 N–H and O–H groups in total. The van der Waals surface area contributed by atoms with Crippen LogP contribution in [0.5, 0.6) is 0 Å². The molecule has 3 aromatic rings. The van der Waals surface area contributed by atoms with Gasteiger partial charge in [0.2, 0.25) is 0 Å². The number of hydrogen-bond donors (Lipinski definition) is 1. The van der Waals surface area contributed by atoms with Crippen LogP contribution in [0.15, 0.2) is 38.9 Å². The highest BCUT2D eigenvalue weighted by Gasteiger charge is 2.32. The van der Waals surface area contributed by atoms with E-state index >= 15 is 0 Å². The highest BCUT2D eigenvalue weighted by Crippen LogP contribution is 2.40. The van der Waals surface area contributed by atoms with Crippen molar-refractivity contribution in [1.82, 2.24) is 19.5 Å². The van der Waals surface area contributed by atoms with Crippen LogP contribution in [0.1, 0.15) is 59.4 Å². The number of aromatic amines is 1. The van der Waals surface area contributed by atoms with Crippen molar-refractivity contribution in [3.05, 3.63) is 62.1 Å². The number of thioether (sulfide) groups is 1. The largest absolute Gasteiger partial charge is 0.330 e. The van der Waals surface area contributed by atoms with E-state index < -0.39 is 11.2 Å². The Morgan fingerprint density at radius 3 is 2.52 bits per heavy atom. The van der Waals surface area contributed by atoms with E-state index in [2.05, 4.69) is 15.0 Å². The standard InChI is InChI=1S/C21H20N4O3S/c1-11-2-4-12(5-3-11)15(26)10-29-20-16-18(22-17(23-20)13-6-7-13)25(14-8-9-14)21(28)24-19(16)27/h2-5,13-14H,6-10H2,1H3,(H,24,27,28). The van der Waals surface area contributed by atoms with Gasteiger partial charge in [-0.05, 0) is 32.6 Å². The lowest BCUT2D eigenvalue weighted by Crippen LogP contribution is -2.31. The summed E-state index contributed by atoms with van der Waals surface area (Å²) in [5, 5.41) is 0.788. The molecule has 0 radical (unpaired) electrons. The van der Waals surface area contributed by atoms with Gasteiger partial charge in [-0.15, -0.1) is 0 Å². The van der Waals surface area contributed by atoms with Crippen LogP contribution in [0, 0.1) is 6.92 Å². The maximum Gasteiger partial charge on any atom is 0.330 e. The number of carbonyl (C=O) groups is 1. The van der Waals surface area contributed by atoms with Gasteiger partial charge in [0.1, 0.15) is 16.2 Å². The summed E-state index contributed by atoms with van der Waals surface area (Å²) >= 11 is 1.24. The second kappa shape index (κ2) is 6.95. The molecule has 0 bridgehead atoms. The molecule has 0 aliphatic heterocycles. The molecule has 8 heteroatoms. The van der Waals surface area contributed by atoms with Gasteiger partial charge in [-0.25, -0.2) is 14.8 Å². The predicted octanol–water partition coefficient (Wildman–Crippen LogP) is 2.98. The van der Waals surface area contributed by atoms with E-state index in [1.54, 1.807) is 4.57 Å². The molecule has 7 nitrogen and oxygen atoms in total. The zero-order chi connectivity index (χ0) is 20.1. The number of H-pyrrole nitrogens is 1. The molecule has 0 spiro atoms. The Kier molecular flexibility index (Phi) is 4.38. The van der Waals surface area contributed by atoms with Crippen LogP contribution in [0.2, 0.25) is 0 Å². The van der Waals surface area contributed by atoms with Crippen LogP contribution in [0.25, 0.3) is 11.0 Å². The zero-order valence-electron chi connectivity index (χ0n) is 16.0. The van der Waals surface area contributed by atoms with Crippen LogP contribution >= 0.6 is 11.8 Å². The lowest BCUT2D eigenvalue weighted by Gasteiger charge is -2.11. The molecule has 2 heterocycles. The minimum atomic E-state index is -0.491. The Morgan fingerprint density at radius 1 is 1.14 bits per heavy atom. The van der Waals surface area contributed by atoms with Crippen LogP contribution < -0.4 is 11.2 Å². The average Bonchev–Trinajstić information content (AvgIpc) is 3.59. The van der Waals surface area contributed by atoms with Crippen molar-refractivity contribution in [2.75, 3.05) is 5.75 Å². The molecule has 29 heavy (non-hydrogen) atoms. The number of nitrogens with zero attached hydrogens (tertiary/aromatic N) is 3. The monoisotopic (exact) mass is 408 g/mol. The zero-order valence-corrected chi connectivity index (χ0v) is 16.8. The van der Waals surface area contributed by atoms with E-state index in [0.717, 1.165) is 31.2 Å². The average molecular weight is 408 g/mol. The molecule has 2 aromatic heterocycles. The summed E-state index contributed by atoms with van der Waals surface area (Å²) < 4.78 is 1.59. The fourth-order valence-corrected chi connectivity index (χ4v) is 4.31. The summed E-state index contributed by atoms with van der Waals surface area (Å²) in [5.74, 6) is 1.08. The van der Waals surface area contributed by atoms with Crippen LogP contribution in [-0.4, -0.2) is 31.1 Å². The van der Waals surface area contributed by atoms with Crippen molar-refractivity contribution in [3.63, 3.8) is 0 Å². The number of rotatable bonds is 6. The number of ketones is 1. The van der Waals surface area contributed by atoms with Crippen molar-refractivity contribution in [3.8, 4) is 0 Å². The molecule has 2 fully saturated rings. The first kappa shape index (κ1) is 18.3. The fourth-order valence-electron chi connectivity index (χ4n) is 3.39. The van der Waals surface area contributed by atoms with Gasteiger partial charge in [-0.3, -0.25) is 19.1 Å². The molecule has 0 atom stereocenters. The van der Waals surface area contributed by atoms with Crippen molar-refractivity contribution in [2.45, 2.75) is 49.6 Å². The van der Waals surface area contributed by atoms with E-state index in [0.29, 0.717) is 27.4 Å². The Balaban J connectivity index is 1.56. The summed E-state index contributed by atoms with van der Waals surface area (Å²) in [4.78, 5) is 49.3. The quantitative estimate of drug-likeness (QED) is 0.383. The van der Waals surface area contributed by atoms with Gasteiger partial charge in [0, 0.05) is 17.5 Å². The number of aryl methyl sites for hydroxylation is 1. The molecular weight excluding hydrogens is 388 g/mol. The molecule has 2 aliphatic carbocycles. The summed E-state index contributed by atoms with van der Waals surface area (Å²) in [6.07, 6.45) is 3.82. The number of benzene rings is 1. The number of carbonyl (C=O) groups excluding carboxylic acids is 1. The first-order valence-electron chi connectivity index (χ1n) is 9.80. The molecule has 2 aliphatic rings. The lowest BCUT2D eigenvalue weighted by molar-refractivity contribution is 0.102. The Morgan fingerprint density at radius 2 is 1.86 bits per heavy atom. The third-order valence-corrected chi connectivity index (χ3v) is 6.31. The summed E-state index contributed by atoms with van der Waals surface area (Å²) in [6, 6.07) is 7.51. The molecule has 148 valence electrons. The number of hydrogen-bond acceptors (Lipinski definition) is 6. The third-order valence-electron chi connectivity index (χ3n) is 5.34. The number of nitrogens with one attached hydrogen (secondary N) is 1.